The Morgan fingerprint density at radius 3 is 2.25 bits per heavy atom. The first-order chi connectivity index (χ1) is 24.9. The van der Waals surface area contributed by atoms with E-state index in [1.54, 1.807) is 43.7 Å². The van der Waals surface area contributed by atoms with Crippen LogP contribution in [0.15, 0.2) is 115 Å². The third-order valence-electron chi connectivity index (χ3n) is 8.47. The van der Waals surface area contributed by atoms with Gasteiger partial charge in [0, 0.05) is 66.9 Å². The number of piperazine rings is 1. The number of nitrogens with zero attached hydrogens (tertiary/aromatic N) is 3. The Bertz CT molecular complexity index is 1910. The molecule has 0 unspecified atom stereocenters. The molecule has 8 nitrogen and oxygen atoms in total. The van der Waals surface area contributed by atoms with Crippen LogP contribution in [0, 0.1) is 0 Å². The highest BCUT2D eigenvalue weighted by atomic mass is 35.5. The van der Waals surface area contributed by atoms with Gasteiger partial charge in [-0.25, -0.2) is 4.98 Å². The molecule has 11 heteroatoms. The molecule has 2 heterocycles. The van der Waals surface area contributed by atoms with E-state index < -0.39 is 0 Å². The van der Waals surface area contributed by atoms with E-state index in [1.807, 2.05) is 65.6 Å². The fraction of sp³-hybridized carbons (Fsp3) is 0.220. The number of amides is 1. The number of ether oxygens (including phenoxy) is 4. The van der Waals surface area contributed by atoms with Crippen LogP contribution in [-0.2, 0) is 24.4 Å². The van der Waals surface area contributed by atoms with E-state index in [4.69, 9.17) is 42.1 Å². The highest BCUT2D eigenvalue weighted by Crippen LogP contribution is 2.32. The molecule has 4 aromatic carbocycles. The maximum Gasteiger partial charge on any atom is 0.246 e. The van der Waals surface area contributed by atoms with Gasteiger partial charge in [0.15, 0.2) is 11.5 Å². The second kappa shape index (κ2) is 19.2. The van der Waals surface area contributed by atoms with Crippen molar-refractivity contribution in [3.63, 3.8) is 0 Å². The lowest BCUT2D eigenvalue weighted by atomic mass is 10.1. The smallest absolute Gasteiger partial charge is 0.246 e. The molecule has 0 atom stereocenters. The van der Waals surface area contributed by atoms with Gasteiger partial charge >= 0.3 is 0 Å². The minimum Gasteiger partial charge on any atom is -0.493 e. The second-order valence-electron chi connectivity index (χ2n) is 12.0. The van der Waals surface area contributed by atoms with Crippen LogP contribution in [0.4, 0.5) is 0 Å². The van der Waals surface area contributed by atoms with Crippen molar-refractivity contribution < 1.29 is 23.7 Å². The number of hydrogen-bond donors (Lipinski definition) is 0. The zero-order valence-corrected chi connectivity index (χ0v) is 31.1. The van der Waals surface area contributed by atoms with Crippen LogP contribution in [0.5, 0.6) is 28.9 Å². The van der Waals surface area contributed by atoms with Crippen molar-refractivity contribution in [2.24, 2.45) is 0 Å². The largest absolute Gasteiger partial charge is 0.493 e. The number of rotatable bonds is 14. The summed E-state index contributed by atoms with van der Waals surface area (Å²) >= 11 is 12.2. The molecule has 52 heavy (non-hydrogen) atoms. The number of carbonyl (C=O) groups excluding carboxylic acids is 1. The van der Waals surface area contributed by atoms with Crippen molar-refractivity contribution in [3.8, 4) is 28.9 Å². The molecule has 1 aliphatic rings. The Morgan fingerprint density at radius 1 is 0.808 bits per heavy atom. The zero-order chi connectivity index (χ0) is 35.4. The van der Waals surface area contributed by atoms with Crippen molar-refractivity contribution in [2.45, 2.75) is 19.6 Å². The molecule has 0 radical (unpaired) electrons. The molecule has 270 valence electrons. The summed E-state index contributed by atoms with van der Waals surface area (Å²) in [6.07, 6.45) is 5.84. The first-order valence-corrected chi connectivity index (χ1v) is 17.5. The third-order valence-corrected chi connectivity index (χ3v) is 9.09. The highest BCUT2D eigenvalue weighted by molar-refractivity contribution is 6.31. The average Bonchev–Trinajstić information content (AvgIpc) is 3.16. The van der Waals surface area contributed by atoms with Crippen LogP contribution in [0.1, 0.15) is 22.3 Å². The van der Waals surface area contributed by atoms with E-state index in [0.29, 0.717) is 59.5 Å². The van der Waals surface area contributed by atoms with Gasteiger partial charge in [-0.3, -0.25) is 9.69 Å². The molecule has 0 bridgehead atoms. The average molecular weight is 761 g/mol. The van der Waals surface area contributed by atoms with Crippen LogP contribution in [0.25, 0.3) is 6.08 Å². The number of pyridine rings is 1. The van der Waals surface area contributed by atoms with E-state index in [-0.39, 0.29) is 18.3 Å². The third kappa shape index (κ3) is 11.1. The van der Waals surface area contributed by atoms with Gasteiger partial charge in [-0.05, 0) is 71.3 Å². The monoisotopic (exact) mass is 759 g/mol. The van der Waals surface area contributed by atoms with Crippen LogP contribution in [-0.4, -0.2) is 60.6 Å². The van der Waals surface area contributed by atoms with Gasteiger partial charge in [0.25, 0.3) is 0 Å². The van der Waals surface area contributed by atoms with Crippen molar-refractivity contribution in [3.05, 3.63) is 148 Å². The number of halogens is 3. The van der Waals surface area contributed by atoms with Crippen molar-refractivity contribution in [1.29, 1.82) is 0 Å². The van der Waals surface area contributed by atoms with Gasteiger partial charge in [-0.15, -0.1) is 12.4 Å². The van der Waals surface area contributed by atoms with Crippen molar-refractivity contribution in [1.82, 2.24) is 14.8 Å². The van der Waals surface area contributed by atoms with Gasteiger partial charge in [0.05, 0.1) is 19.9 Å². The predicted octanol–water partition coefficient (Wildman–Crippen LogP) is 9.17. The first-order valence-electron chi connectivity index (χ1n) is 16.8. The summed E-state index contributed by atoms with van der Waals surface area (Å²) in [7, 11) is 1.58. The van der Waals surface area contributed by atoms with Crippen LogP contribution < -0.4 is 18.9 Å². The minimum atomic E-state index is -0.0137. The maximum atomic E-state index is 13.0. The number of carbonyl (C=O) groups is 1. The molecule has 0 spiro atoms. The number of hydrogen-bond acceptors (Lipinski definition) is 7. The molecule has 6 rings (SSSR count). The summed E-state index contributed by atoms with van der Waals surface area (Å²) in [5, 5.41) is 1.35. The van der Waals surface area contributed by atoms with Crippen molar-refractivity contribution >= 4 is 47.6 Å². The normalized spacial score (nSPS) is 13.0. The zero-order valence-electron chi connectivity index (χ0n) is 28.8. The topological polar surface area (TPSA) is 73.4 Å². The lowest BCUT2D eigenvalue weighted by molar-refractivity contribution is -0.127. The maximum absolute atomic E-state index is 13.0. The summed E-state index contributed by atoms with van der Waals surface area (Å²) < 4.78 is 23.2. The Labute approximate surface area is 320 Å². The minimum absolute atomic E-state index is 0. The summed E-state index contributed by atoms with van der Waals surface area (Å²) in [4.78, 5) is 21.7. The SMILES string of the molecule is COc1cc(C=CC(=O)N2CCN(Cc3ccc(CCOc4ccc(Cl)cc4)cc3)CC2)ccc1Oc1ccc(OCc2ccccc2Cl)cn1.Cl. The Morgan fingerprint density at radius 2 is 1.54 bits per heavy atom. The highest BCUT2D eigenvalue weighted by Gasteiger charge is 2.20. The molecule has 0 N–H and O–H groups in total. The van der Waals surface area contributed by atoms with Gasteiger partial charge in [-0.2, -0.15) is 0 Å². The fourth-order valence-electron chi connectivity index (χ4n) is 5.56. The lowest BCUT2D eigenvalue weighted by Crippen LogP contribution is -2.47. The number of methoxy groups -OCH3 is 1. The van der Waals surface area contributed by atoms with Crippen LogP contribution in [0.3, 0.4) is 0 Å². The van der Waals surface area contributed by atoms with Crippen molar-refractivity contribution in [2.75, 3.05) is 39.9 Å². The fourth-order valence-corrected chi connectivity index (χ4v) is 5.88. The van der Waals surface area contributed by atoms with Crippen LogP contribution >= 0.6 is 35.6 Å². The van der Waals surface area contributed by atoms with Gasteiger partial charge in [-0.1, -0.05) is 71.7 Å². The predicted molar refractivity (Wildman–Crippen MR) is 208 cm³/mol. The molecule has 0 saturated carbocycles. The van der Waals surface area contributed by atoms with E-state index in [0.717, 1.165) is 42.9 Å². The summed E-state index contributed by atoms with van der Waals surface area (Å²) in [6.45, 7) is 4.78. The lowest BCUT2D eigenvalue weighted by Gasteiger charge is -2.34. The molecular formula is C41H40Cl3N3O5. The van der Waals surface area contributed by atoms with Gasteiger partial charge < -0.3 is 23.8 Å². The molecule has 0 aliphatic carbocycles. The Balaban J connectivity index is 0.00000523. The molecular weight excluding hydrogens is 721 g/mol. The summed E-state index contributed by atoms with van der Waals surface area (Å²) in [5.74, 6) is 2.83. The quantitative estimate of drug-likeness (QED) is 0.105. The molecule has 1 aliphatic heterocycles. The van der Waals surface area contributed by atoms with E-state index in [9.17, 15) is 4.79 Å². The standard InChI is InChI=1S/C41H39Cl2N3O5.ClH/c1-48-39-26-31(10-17-38(39)51-40-18-16-36(27-44-40)50-29-33-4-2-3-5-37(33)43)11-19-41(47)46-23-21-45(22-24-46)28-32-8-6-30(7-9-32)20-25-49-35-14-12-34(42)13-15-35;/h2-19,26-27H,20-25,28-29H2,1H3;1H. The van der Waals surface area contributed by atoms with Crippen LogP contribution in [0.2, 0.25) is 10.0 Å². The summed E-state index contributed by atoms with van der Waals surface area (Å²) in [5.41, 5.74) is 4.20. The van der Waals surface area contributed by atoms with E-state index in [2.05, 4.69) is 34.1 Å². The molecule has 1 saturated heterocycles. The first kappa shape index (κ1) is 38.5. The Hall–Kier alpha value is -4.73. The van der Waals surface area contributed by atoms with Gasteiger partial charge in [0.2, 0.25) is 11.8 Å². The molecule has 5 aromatic rings. The van der Waals surface area contributed by atoms with Gasteiger partial charge in [0.1, 0.15) is 18.1 Å². The molecule has 1 fully saturated rings. The number of aromatic nitrogens is 1. The number of benzene rings is 4. The summed E-state index contributed by atoms with van der Waals surface area (Å²) in [6, 6.07) is 32.6. The van der Waals surface area contributed by atoms with E-state index >= 15 is 0 Å². The second-order valence-corrected chi connectivity index (χ2v) is 12.9. The molecule has 1 amide bonds. The molecule has 1 aromatic heterocycles. The van der Waals surface area contributed by atoms with E-state index in [1.165, 1.54) is 11.1 Å². The Kier molecular flexibility index (Phi) is 14.2.